The molecule has 2 atom stereocenters. The number of aromatic nitrogens is 2. The average molecular weight is 576 g/mol. The van der Waals surface area contributed by atoms with Crippen LogP contribution in [0, 0.1) is 27.7 Å². The van der Waals surface area contributed by atoms with E-state index in [2.05, 4.69) is 76.5 Å². The summed E-state index contributed by atoms with van der Waals surface area (Å²) in [6.45, 7) is 8.53. The fourth-order valence-electron chi connectivity index (χ4n) is 5.65. The van der Waals surface area contributed by atoms with Crippen molar-refractivity contribution in [3.05, 3.63) is 101 Å². The molecular formula is C30H33N5O3S2. The monoisotopic (exact) mass is 575 g/mol. The summed E-state index contributed by atoms with van der Waals surface area (Å²) >= 11 is 5.92. The fraction of sp³-hybridized carbons (Fsp3) is 0.267. The molecule has 2 N–H and O–H groups in total. The van der Waals surface area contributed by atoms with E-state index in [0.717, 1.165) is 34.6 Å². The van der Waals surface area contributed by atoms with E-state index in [1.54, 1.807) is 18.3 Å². The van der Waals surface area contributed by atoms with Gasteiger partial charge < -0.3 is 19.5 Å². The second-order valence-electron chi connectivity index (χ2n) is 10.2. The van der Waals surface area contributed by atoms with Crippen molar-refractivity contribution < 1.29 is 13.2 Å². The van der Waals surface area contributed by atoms with Gasteiger partial charge >= 0.3 is 0 Å². The molecule has 40 heavy (non-hydrogen) atoms. The Balaban J connectivity index is 1.69. The minimum absolute atomic E-state index is 0.222. The van der Waals surface area contributed by atoms with Gasteiger partial charge in [0.15, 0.2) is 5.11 Å². The van der Waals surface area contributed by atoms with Crippen molar-refractivity contribution in [3.63, 3.8) is 0 Å². The van der Waals surface area contributed by atoms with E-state index in [1.807, 2.05) is 24.3 Å². The van der Waals surface area contributed by atoms with E-state index in [0.29, 0.717) is 16.5 Å². The minimum Gasteiger partial charge on any atom is -0.494 e. The summed E-state index contributed by atoms with van der Waals surface area (Å²) in [5.41, 5.74) is 8.92. The summed E-state index contributed by atoms with van der Waals surface area (Å²) in [7, 11) is -1.97. The van der Waals surface area contributed by atoms with Gasteiger partial charge in [0.1, 0.15) is 5.75 Å². The van der Waals surface area contributed by atoms with Crippen LogP contribution < -0.4 is 19.7 Å². The minimum atomic E-state index is -3.48. The number of nitrogens with zero attached hydrogens (tertiary/aromatic N) is 3. The van der Waals surface area contributed by atoms with Crippen LogP contribution >= 0.6 is 12.2 Å². The van der Waals surface area contributed by atoms with E-state index in [-0.39, 0.29) is 12.1 Å². The highest BCUT2D eigenvalue weighted by Crippen LogP contribution is 2.45. The van der Waals surface area contributed by atoms with Crippen molar-refractivity contribution in [1.82, 2.24) is 14.9 Å². The summed E-state index contributed by atoms with van der Waals surface area (Å²) in [5, 5.41) is 4.05. The van der Waals surface area contributed by atoms with E-state index in [1.165, 1.54) is 23.9 Å². The van der Waals surface area contributed by atoms with Crippen LogP contribution in [0.5, 0.6) is 5.75 Å². The maximum absolute atomic E-state index is 11.9. The number of thiocarbonyl (C=S) groups is 1. The highest BCUT2D eigenvalue weighted by molar-refractivity contribution is 7.92. The van der Waals surface area contributed by atoms with Gasteiger partial charge in [-0.1, -0.05) is 24.3 Å². The number of nitrogens with one attached hydrogen (secondary N) is 2. The van der Waals surface area contributed by atoms with Gasteiger partial charge in [0.2, 0.25) is 10.0 Å². The number of hydrogen-bond donors (Lipinski definition) is 2. The predicted octanol–water partition coefficient (Wildman–Crippen LogP) is 5.66. The molecule has 4 aromatic rings. The van der Waals surface area contributed by atoms with Crippen LogP contribution in [0.4, 0.5) is 11.4 Å². The number of anilines is 2. The molecule has 0 bridgehead atoms. The number of para-hydroxylation sites is 1. The molecular weight excluding hydrogens is 542 g/mol. The SMILES string of the molecule is COc1cc(N2C(=S)NC(c3ccccn3)C2c2cc(C)n(-c3c(C)cccc3C)c2C)ccc1NS(C)(=O)=O. The number of ether oxygens (including phenoxy) is 1. The Morgan fingerprint density at radius 1 is 1.00 bits per heavy atom. The number of sulfonamides is 1. The van der Waals surface area contributed by atoms with Gasteiger partial charge in [-0.05, 0) is 86.9 Å². The number of pyridine rings is 1. The Morgan fingerprint density at radius 3 is 2.35 bits per heavy atom. The van der Waals surface area contributed by atoms with Crippen molar-refractivity contribution in [2.75, 3.05) is 23.0 Å². The van der Waals surface area contributed by atoms with Gasteiger partial charge in [-0.15, -0.1) is 0 Å². The smallest absolute Gasteiger partial charge is 0.229 e. The Bertz CT molecular complexity index is 1680. The van der Waals surface area contributed by atoms with Crippen LogP contribution in [0.1, 0.15) is 45.9 Å². The predicted molar refractivity (Wildman–Crippen MR) is 164 cm³/mol. The van der Waals surface area contributed by atoms with Gasteiger partial charge in [-0.3, -0.25) is 9.71 Å². The third-order valence-corrected chi connectivity index (χ3v) is 8.21. The molecule has 5 rings (SSSR count). The van der Waals surface area contributed by atoms with Crippen LogP contribution in [0.2, 0.25) is 0 Å². The average Bonchev–Trinajstić information content (AvgIpc) is 3.39. The van der Waals surface area contributed by atoms with Gasteiger partial charge in [0.25, 0.3) is 0 Å². The van der Waals surface area contributed by atoms with Crippen LogP contribution in [0.15, 0.2) is 66.9 Å². The summed E-state index contributed by atoms with van der Waals surface area (Å²) in [6.07, 6.45) is 2.90. The first-order valence-electron chi connectivity index (χ1n) is 12.9. The molecule has 1 saturated heterocycles. The lowest BCUT2D eigenvalue weighted by Crippen LogP contribution is -2.29. The summed E-state index contributed by atoms with van der Waals surface area (Å²) < 4.78 is 34.3. The number of hydrogen-bond acceptors (Lipinski definition) is 5. The third kappa shape index (κ3) is 5.04. The maximum atomic E-state index is 11.9. The highest BCUT2D eigenvalue weighted by atomic mass is 32.2. The van der Waals surface area contributed by atoms with Crippen LogP contribution in [0.25, 0.3) is 5.69 Å². The van der Waals surface area contributed by atoms with Gasteiger partial charge in [0.05, 0.1) is 42.5 Å². The second-order valence-corrected chi connectivity index (χ2v) is 12.3. The summed E-state index contributed by atoms with van der Waals surface area (Å²) in [4.78, 5) is 6.74. The van der Waals surface area contributed by atoms with Gasteiger partial charge in [0, 0.05) is 29.3 Å². The summed E-state index contributed by atoms with van der Waals surface area (Å²) in [5.74, 6) is 0.395. The van der Waals surface area contributed by atoms with Crippen LogP contribution in [-0.2, 0) is 10.0 Å². The number of rotatable bonds is 7. The first-order valence-corrected chi connectivity index (χ1v) is 15.2. The van der Waals surface area contributed by atoms with E-state index >= 15 is 0 Å². The molecule has 2 aromatic carbocycles. The Kier molecular flexibility index (Phi) is 7.32. The molecule has 8 nitrogen and oxygen atoms in total. The van der Waals surface area contributed by atoms with Crippen LogP contribution in [0.3, 0.4) is 0 Å². The van der Waals surface area contributed by atoms with Crippen molar-refractivity contribution >= 4 is 38.7 Å². The quantitative estimate of drug-likeness (QED) is 0.275. The first kappa shape index (κ1) is 27.7. The Hall–Kier alpha value is -3.89. The fourth-order valence-corrected chi connectivity index (χ4v) is 6.57. The molecule has 208 valence electrons. The largest absolute Gasteiger partial charge is 0.494 e. The topological polar surface area (TPSA) is 88.5 Å². The van der Waals surface area contributed by atoms with Crippen molar-refractivity contribution in [2.24, 2.45) is 0 Å². The normalized spacial score (nSPS) is 17.1. The lowest BCUT2D eigenvalue weighted by Gasteiger charge is -2.29. The first-order chi connectivity index (χ1) is 19.0. The van der Waals surface area contributed by atoms with Gasteiger partial charge in [-0.2, -0.15) is 0 Å². The highest BCUT2D eigenvalue weighted by Gasteiger charge is 2.42. The zero-order chi connectivity index (χ0) is 28.8. The molecule has 0 aliphatic carbocycles. The van der Waals surface area contributed by atoms with E-state index < -0.39 is 10.0 Å². The Labute approximate surface area is 241 Å². The lowest BCUT2D eigenvalue weighted by atomic mass is 9.96. The number of methoxy groups -OCH3 is 1. The van der Waals surface area contributed by atoms with Gasteiger partial charge in [-0.25, -0.2) is 8.42 Å². The number of aryl methyl sites for hydroxylation is 3. The Morgan fingerprint density at radius 2 is 1.73 bits per heavy atom. The summed E-state index contributed by atoms with van der Waals surface area (Å²) in [6, 6.07) is 19.3. The zero-order valence-corrected chi connectivity index (χ0v) is 25.0. The van der Waals surface area contributed by atoms with Crippen molar-refractivity contribution in [2.45, 2.75) is 39.8 Å². The lowest BCUT2D eigenvalue weighted by molar-refractivity contribution is 0.417. The molecule has 1 aliphatic heterocycles. The molecule has 0 radical (unpaired) electrons. The number of benzene rings is 2. The zero-order valence-electron chi connectivity index (χ0n) is 23.4. The molecule has 2 unspecified atom stereocenters. The molecule has 10 heteroatoms. The standard InChI is InChI=1S/C30H33N5O3S2/c1-18-10-9-11-19(2)28(18)34-20(3)16-23(21(34)4)29-27(25-12-7-8-15-31-25)32-30(39)35(29)22-13-14-24(26(17-22)38-5)33-40(6,36)37/h7-17,27,29,33H,1-6H3,(H,32,39). The molecule has 3 heterocycles. The van der Waals surface area contributed by atoms with E-state index in [9.17, 15) is 8.42 Å². The van der Waals surface area contributed by atoms with E-state index in [4.69, 9.17) is 17.0 Å². The third-order valence-electron chi connectivity index (χ3n) is 7.31. The van der Waals surface area contributed by atoms with Crippen LogP contribution in [-0.4, -0.2) is 36.4 Å². The molecule has 1 fully saturated rings. The van der Waals surface area contributed by atoms with Crippen molar-refractivity contribution in [1.29, 1.82) is 0 Å². The molecule has 0 amide bonds. The maximum Gasteiger partial charge on any atom is 0.229 e. The van der Waals surface area contributed by atoms with Crippen molar-refractivity contribution in [3.8, 4) is 11.4 Å². The molecule has 0 saturated carbocycles. The molecule has 2 aromatic heterocycles. The second kappa shape index (κ2) is 10.6. The molecule has 1 aliphatic rings. The molecule has 0 spiro atoms.